The summed E-state index contributed by atoms with van der Waals surface area (Å²) in [6.45, 7) is 0.593. The maximum atomic E-state index is 11.3. The Kier molecular flexibility index (Phi) is 3.30. The van der Waals surface area contributed by atoms with E-state index in [0.717, 1.165) is 5.69 Å². The fourth-order valence-electron chi connectivity index (χ4n) is 1.52. The van der Waals surface area contributed by atoms with Crippen molar-refractivity contribution in [3.8, 4) is 0 Å². The zero-order valence-corrected chi connectivity index (χ0v) is 9.59. The van der Waals surface area contributed by atoms with Crippen molar-refractivity contribution in [3.05, 3.63) is 18.2 Å². The van der Waals surface area contributed by atoms with Gasteiger partial charge >= 0.3 is 0 Å². The molecule has 15 heavy (non-hydrogen) atoms. The van der Waals surface area contributed by atoms with Gasteiger partial charge in [0.15, 0.2) is 0 Å². The molecule has 0 atom stereocenters. The molecule has 1 amide bonds. The molecule has 0 radical (unpaired) electrons. The molecule has 82 valence electrons. The van der Waals surface area contributed by atoms with Gasteiger partial charge in [-0.1, -0.05) is 0 Å². The van der Waals surface area contributed by atoms with E-state index in [9.17, 15) is 4.79 Å². The average molecular weight is 225 g/mol. The molecule has 1 heterocycles. The molecule has 1 aromatic heterocycles. The molecule has 2 rings (SSSR count). The SMILES string of the molecule is CSCC(=O)NCc1cncn1C1CC1. The summed E-state index contributed by atoms with van der Waals surface area (Å²) in [5.41, 5.74) is 1.10. The molecule has 1 N–H and O–H groups in total. The number of hydrogen-bond acceptors (Lipinski definition) is 3. The molecule has 0 aromatic carbocycles. The summed E-state index contributed by atoms with van der Waals surface area (Å²) in [6, 6.07) is 0.625. The third-order valence-corrected chi connectivity index (χ3v) is 2.98. The number of aromatic nitrogens is 2. The number of carbonyl (C=O) groups excluding carboxylic acids is 1. The van der Waals surface area contributed by atoms with Crippen molar-refractivity contribution in [2.45, 2.75) is 25.4 Å². The number of thioether (sulfide) groups is 1. The van der Waals surface area contributed by atoms with Crippen LogP contribution in [0.4, 0.5) is 0 Å². The van der Waals surface area contributed by atoms with E-state index >= 15 is 0 Å². The van der Waals surface area contributed by atoms with Crippen molar-refractivity contribution in [3.63, 3.8) is 0 Å². The van der Waals surface area contributed by atoms with Crippen molar-refractivity contribution in [2.75, 3.05) is 12.0 Å². The summed E-state index contributed by atoms with van der Waals surface area (Å²) in [6.07, 6.45) is 8.09. The normalized spacial score (nSPS) is 15.3. The Bertz CT molecular complexity index is 346. The molecule has 1 saturated carbocycles. The second-order valence-corrected chi connectivity index (χ2v) is 4.60. The molecule has 0 saturated heterocycles. The molecule has 1 aliphatic carbocycles. The predicted octanol–water partition coefficient (Wildman–Crippen LogP) is 1.20. The molecular weight excluding hydrogens is 210 g/mol. The lowest BCUT2D eigenvalue weighted by atomic mass is 10.4. The zero-order valence-electron chi connectivity index (χ0n) is 8.77. The Hall–Kier alpha value is -0.970. The molecule has 1 aliphatic rings. The lowest BCUT2D eigenvalue weighted by molar-refractivity contribution is -0.118. The minimum absolute atomic E-state index is 0.0889. The van der Waals surface area contributed by atoms with Crippen LogP contribution in [0.5, 0.6) is 0 Å². The Morgan fingerprint density at radius 2 is 2.53 bits per heavy atom. The maximum absolute atomic E-state index is 11.3. The van der Waals surface area contributed by atoms with Crippen molar-refractivity contribution in [1.29, 1.82) is 0 Å². The lowest BCUT2D eigenvalue weighted by Crippen LogP contribution is -2.25. The van der Waals surface area contributed by atoms with E-state index in [1.807, 2.05) is 18.8 Å². The van der Waals surface area contributed by atoms with Crippen LogP contribution in [0.2, 0.25) is 0 Å². The van der Waals surface area contributed by atoms with Gasteiger partial charge in [0.05, 0.1) is 24.3 Å². The van der Waals surface area contributed by atoms with Gasteiger partial charge in [-0.05, 0) is 19.1 Å². The fraction of sp³-hybridized carbons (Fsp3) is 0.600. The molecule has 1 fully saturated rings. The van der Waals surface area contributed by atoms with Crippen LogP contribution in [0.3, 0.4) is 0 Å². The van der Waals surface area contributed by atoms with Crippen LogP contribution >= 0.6 is 11.8 Å². The largest absolute Gasteiger partial charge is 0.350 e. The summed E-state index contributed by atoms with van der Waals surface area (Å²) >= 11 is 1.54. The standard InChI is InChI=1S/C10H15N3OS/c1-15-6-10(14)12-5-9-4-11-7-13(9)8-2-3-8/h4,7-8H,2-3,5-6H2,1H3,(H,12,14). The highest BCUT2D eigenvalue weighted by Crippen LogP contribution is 2.35. The Morgan fingerprint density at radius 3 is 3.20 bits per heavy atom. The van der Waals surface area contributed by atoms with Crippen LogP contribution in [-0.2, 0) is 11.3 Å². The number of carbonyl (C=O) groups is 1. The quantitative estimate of drug-likeness (QED) is 0.819. The van der Waals surface area contributed by atoms with Gasteiger partial charge in [-0.25, -0.2) is 4.98 Å². The summed E-state index contributed by atoms with van der Waals surface area (Å²) < 4.78 is 2.17. The molecular formula is C10H15N3OS. The number of nitrogens with one attached hydrogen (secondary N) is 1. The molecule has 5 heteroatoms. The highest BCUT2D eigenvalue weighted by molar-refractivity contribution is 7.99. The van der Waals surface area contributed by atoms with Crippen molar-refractivity contribution < 1.29 is 4.79 Å². The van der Waals surface area contributed by atoms with Gasteiger partial charge in [-0.3, -0.25) is 4.79 Å². The van der Waals surface area contributed by atoms with Crippen LogP contribution in [0.25, 0.3) is 0 Å². The zero-order chi connectivity index (χ0) is 10.7. The van der Waals surface area contributed by atoms with Gasteiger partial charge in [-0.15, -0.1) is 0 Å². The maximum Gasteiger partial charge on any atom is 0.230 e. The van der Waals surface area contributed by atoms with Crippen molar-refractivity contribution in [1.82, 2.24) is 14.9 Å². The summed E-state index contributed by atoms with van der Waals surface area (Å²) in [4.78, 5) is 15.4. The average Bonchev–Trinajstić information content (AvgIpc) is 2.96. The van der Waals surface area contributed by atoms with Gasteiger partial charge in [0.25, 0.3) is 0 Å². The number of rotatable bonds is 5. The van der Waals surface area contributed by atoms with Crippen molar-refractivity contribution >= 4 is 17.7 Å². The van der Waals surface area contributed by atoms with E-state index in [1.165, 1.54) is 24.6 Å². The molecule has 0 spiro atoms. The number of hydrogen-bond donors (Lipinski definition) is 1. The Labute approximate surface area is 93.5 Å². The van der Waals surface area contributed by atoms with E-state index in [4.69, 9.17) is 0 Å². The summed E-state index contributed by atoms with van der Waals surface area (Å²) in [7, 11) is 0. The minimum atomic E-state index is 0.0889. The molecule has 0 bridgehead atoms. The van der Waals surface area contributed by atoms with Gasteiger partial charge in [0.2, 0.25) is 5.91 Å². The van der Waals surface area contributed by atoms with Gasteiger partial charge < -0.3 is 9.88 Å². The third kappa shape index (κ3) is 2.75. The van der Waals surface area contributed by atoms with Crippen LogP contribution in [0.15, 0.2) is 12.5 Å². The molecule has 0 unspecified atom stereocenters. The number of nitrogens with zero attached hydrogens (tertiary/aromatic N) is 2. The first kappa shape index (κ1) is 10.5. The Morgan fingerprint density at radius 1 is 1.73 bits per heavy atom. The van der Waals surface area contributed by atoms with Crippen molar-refractivity contribution in [2.24, 2.45) is 0 Å². The van der Waals surface area contributed by atoms with E-state index < -0.39 is 0 Å². The van der Waals surface area contributed by atoms with Gasteiger partial charge in [-0.2, -0.15) is 11.8 Å². The third-order valence-electron chi connectivity index (χ3n) is 2.43. The summed E-state index contributed by atoms with van der Waals surface area (Å²) in [5, 5.41) is 2.89. The second kappa shape index (κ2) is 4.70. The van der Waals surface area contributed by atoms with Gasteiger partial charge in [0, 0.05) is 12.2 Å². The molecule has 4 nitrogen and oxygen atoms in total. The minimum Gasteiger partial charge on any atom is -0.350 e. The highest BCUT2D eigenvalue weighted by Gasteiger charge is 2.25. The van der Waals surface area contributed by atoms with E-state index in [-0.39, 0.29) is 5.91 Å². The monoisotopic (exact) mass is 225 g/mol. The first-order valence-electron chi connectivity index (χ1n) is 5.07. The number of amides is 1. The fourth-order valence-corrected chi connectivity index (χ4v) is 1.89. The van der Waals surface area contributed by atoms with Gasteiger partial charge in [0.1, 0.15) is 0 Å². The predicted molar refractivity (Wildman–Crippen MR) is 60.7 cm³/mol. The Balaban J connectivity index is 1.87. The molecule has 0 aliphatic heterocycles. The van der Waals surface area contributed by atoms with E-state index in [2.05, 4.69) is 14.9 Å². The second-order valence-electron chi connectivity index (χ2n) is 3.73. The van der Waals surface area contributed by atoms with Crippen LogP contribution < -0.4 is 5.32 Å². The summed E-state index contributed by atoms with van der Waals surface area (Å²) in [5.74, 6) is 0.614. The van der Waals surface area contributed by atoms with E-state index in [1.54, 1.807) is 0 Å². The molecule has 1 aromatic rings. The first-order valence-corrected chi connectivity index (χ1v) is 6.47. The van der Waals surface area contributed by atoms with E-state index in [0.29, 0.717) is 18.3 Å². The lowest BCUT2D eigenvalue weighted by Gasteiger charge is -2.07. The van der Waals surface area contributed by atoms with Crippen LogP contribution in [0, 0.1) is 0 Å². The van der Waals surface area contributed by atoms with Crippen LogP contribution in [0.1, 0.15) is 24.6 Å². The topological polar surface area (TPSA) is 46.9 Å². The smallest absolute Gasteiger partial charge is 0.230 e. The first-order chi connectivity index (χ1) is 7.31. The number of imidazole rings is 1. The highest BCUT2D eigenvalue weighted by atomic mass is 32.2. The van der Waals surface area contributed by atoms with Crippen LogP contribution in [-0.4, -0.2) is 27.5 Å².